The highest BCUT2D eigenvalue weighted by Crippen LogP contribution is 2.25. The van der Waals surface area contributed by atoms with Crippen LogP contribution in [0.3, 0.4) is 0 Å². The maximum Gasteiger partial charge on any atom is 0.0254 e. The van der Waals surface area contributed by atoms with Crippen LogP contribution in [-0.4, -0.2) is 0 Å². The van der Waals surface area contributed by atoms with Crippen LogP contribution in [0.15, 0.2) is 36.4 Å². The first kappa shape index (κ1) is 22.5. The molecule has 0 aromatic rings. The molecule has 0 heterocycles. The molecule has 0 N–H and O–H groups in total. The summed E-state index contributed by atoms with van der Waals surface area (Å²) in [6, 6.07) is 13.2. The van der Waals surface area contributed by atoms with Crippen LogP contribution in [0.1, 0.15) is 108 Å². The summed E-state index contributed by atoms with van der Waals surface area (Å²) in [6.07, 6.45) is 26.6. The van der Waals surface area contributed by atoms with E-state index in [0.717, 1.165) is 5.56 Å². The van der Waals surface area contributed by atoms with Crippen molar-refractivity contribution in [3.63, 3.8) is 0 Å². The zero-order valence-electron chi connectivity index (χ0n) is 18.1. The summed E-state index contributed by atoms with van der Waals surface area (Å²) in [4.78, 5) is 0. The van der Waals surface area contributed by atoms with Gasteiger partial charge in [-0.25, -0.2) is 0 Å². The lowest BCUT2D eigenvalue weighted by Gasteiger charge is -2.03. The number of unbranched alkanes of at least 4 members (excludes halogenated alkanes) is 13. The van der Waals surface area contributed by atoms with E-state index in [1.54, 1.807) is 0 Å². The number of fused-ring (bicyclic) bond motifs is 1. The fourth-order valence-electron chi connectivity index (χ4n) is 4.05. The summed E-state index contributed by atoms with van der Waals surface area (Å²) in [6.45, 7) is 2.29. The molecule has 0 bridgehead atoms. The molecule has 0 saturated carbocycles. The van der Waals surface area contributed by atoms with E-state index in [4.69, 9.17) is 6.42 Å². The third-order valence-corrected chi connectivity index (χ3v) is 5.89. The molecule has 0 amide bonds. The maximum absolute atomic E-state index is 5.49. The molecule has 2 aliphatic carbocycles. The topological polar surface area (TPSA) is 0 Å². The summed E-state index contributed by atoms with van der Waals surface area (Å²) in [5.41, 5.74) is 4.92. The SMILES string of the molecule is C#Cc1cc2ccc(CCCCCCCCCCCCCCCC)ccc-2c1. The lowest BCUT2D eigenvalue weighted by atomic mass is 10.0. The molecule has 0 fully saturated rings. The van der Waals surface area contributed by atoms with Gasteiger partial charge in [0, 0.05) is 5.56 Å². The Kier molecular flexibility index (Phi) is 11.5. The molecule has 0 atom stereocenters. The predicted molar refractivity (Wildman–Crippen MR) is 125 cm³/mol. The zero-order chi connectivity index (χ0) is 19.9. The highest BCUT2D eigenvalue weighted by molar-refractivity contribution is 5.70. The second kappa shape index (κ2) is 14.3. The van der Waals surface area contributed by atoms with E-state index >= 15 is 0 Å². The number of terminal acetylenes is 1. The van der Waals surface area contributed by atoms with Crippen LogP contribution < -0.4 is 0 Å². The van der Waals surface area contributed by atoms with Crippen molar-refractivity contribution in [1.29, 1.82) is 0 Å². The predicted octanol–water partition coefficient (Wildman–Crippen LogP) is 8.80. The van der Waals surface area contributed by atoms with Crippen LogP contribution in [0, 0.1) is 12.3 Å². The zero-order valence-corrected chi connectivity index (χ0v) is 18.1. The van der Waals surface area contributed by atoms with E-state index in [0.29, 0.717) is 0 Å². The van der Waals surface area contributed by atoms with Crippen molar-refractivity contribution in [1.82, 2.24) is 0 Å². The number of hydrogen-bond acceptors (Lipinski definition) is 0. The second-order valence-electron chi connectivity index (χ2n) is 8.39. The van der Waals surface area contributed by atoms with Gasteiger partial charge in [0.2, 0.25) is 0 Å². The first-order valence-corrected chi connectivity index (χ1v) is 11.8. The lowest BCUT2D eigenvalue weighted by Crippen LogP contribution is -1.85. The van der Waals surface area contributed by atoms with Crippen molar-refractivity contribution >= 4 is 0 Å². The number of aryl methyl sites for hydroxylation is 1. The molecule has 0 radical (unpaired) electrons. The Balaban J connectivity index is 1.46. The molecular weight excluding hydrogens is 336 g/mol. The van der Waals surface area contributed by atoms with Gasteiger partial charge in [0.1, 0.15) is 0 Å². The fraction of sp³-hybridized carbons (Fsp3) is 0.571. The van der Waals surface area contributed by atoms with Crippen molar-refractivity contribution < 1.29 is 0 Å². The van der Waals surface area contributed by atoms with Gasteiger partial charge in [-0.3, -0.25) is 0 Å². The number of rotatable bonds is 15. The van der Waals surface area contributed by atoms with Gasteiger partial charge in [0.05, 0.1) is 0 Å². The van der Waals surface area contributed by atoms with E-state index in [9.17, 15) is 0 Å². The fourth-order valence-corrected chi connectivity index (χ4v) is 4.05. The van der Waals surface area contributed by atoms with Crippen LogP contribution >= 0.6 is 0 Å². The van der Waals surface area contributed by atoms with Gasteiger partial charge >= 0.3 is 0 Å². The summed E-state index contributed by atoms with van der Waals surface area (Å²) in [5, 5.41) is 0. The van der Waals surface area contributed by atoms with Gasteiger partial charge in [-0.05, 0) is 41.7 Å². The van der Waals surface area contributed by atoms with Crippen LogP contribution in [0.25, 0.3) is 11.1 Å². The first-order valence-electron chi connectivity index (χ1n) is 11.8. The molecular formula is C28H40. The monoisotopic (exact) mass is 376 g/mol. The Bertz CT molecular complexity index is 627. The standard InChI is InChI=1S/C28H40/c1-3-5-6-7-8-9-10-11-12-13-14-15-16-17-18-26-19-21-27-23-25(4-2)24-28(27)22-20-26/h2,19-24H,3,5-18H2,1H3. The minimum Gasteiger partial charge on any atom is -0.115 e. The smallest absolute Gasteiger partial charge is 0.0254 e. The number of hydrogen-bond donors (Lipinski definition) is 0. The van der Waals surface area contributed by atoms with Gasteiger partial charge < -0.3 is 0 Å². The largest absolute Gasteiger partial charge is 0.115 e. The minimum absolute atomic E-state index is 0.981. The van der Waals surface area contributed by atoms with Crippen molar-refractivity contribution in [2.45, 2.75) is 103 Å². The van der Waals surface area contributed by atoms with E-state index in [-0.39, 0.29) is 0 Å². The van der Waals surface area contributed by atoms with Crippen molar-refractivity contribution in [2.75, 3.05) is 0 Å². The molecule has 0 nitrogen and oxygen atoms in total. The Labute approximate surface area is 174 Å². The summed E-state index contributed by atoms with van der Waals surface area (Å²) >= 11 is 0. The quantitative estimate of drug-likeness (QED) is 0.215. The summed E-state index contributed by atoms with van der Waals surface area (Å²) < 4.78 is 0. The second-order valence-corrected chi connectivity index (χ2v) is 8.39. The van der Waals surface area contributed by atoms with Crippen LogP contribution in [-0.2, 0) is 6.42 Å². The van der Waals surface area contributed by atoms with Gasteiger partial charge in [-0.15, -0.1) is 6.42 Å². The molecule has 2 rings (SSSR count). The van der Waals surface area contributed by atoms with E-state index in [1.807, 2.05) is 0 Å². The normalized spacial score (nSPS) is 11.0. The molecule has 0 aromatic carbocycles. The molecule has 0 spiro atoms. The van der Waals surface area contributed by atoms with Crippen molar-refractivity contribution in [3.05, 3.63) is 47.5 Å². The Hall–Kier alpha value is -1.74. The van der Waals surface area contributed by atoms with Crippen LogP contribution in [0.2, 0.25) is 0 Å². The summed E-state index contributed by atoms with van der Waals surface area (Å²) in [5.74, 6) is 2.72. The van der Waals surface area contributed by atoms with Crippen LogP contribution in [0.5, 0.6) is 0 Å². The van der Waals surface area contributed by atoms with Crippen LogP contribution in [0.4, 0.5) is 0 Å². The van der Waals surface area contributed by atoms with Gasteiger partial charge in [0.15, 0.2) is 0 Å². The van der Waals surface area contributed by atoms with Gasteiger partial charge in [0.25, 0.3) is 0 Å². The maximum atomic E-state index is 5.49. The van der Waals surface area contributed by atoms with Gasteiger partial charge in [-0.2, -0.15) is 0 Å². The molecule has 0 aliphatic heterocycles. The minimum atomic E-state index is 0.981. The molecule has 152 valence electrons. The van der Waals surface area contributed by atoms with Crippen molar-refractivity contribution in [3.8, 4) is 23.5 Å². The molecule has 0 heteroatoms. The van der Waals surface area contributed by atoms with E-state index in [2.05, 4.69) is 49.2 Å². The Morgan fingerprint density at radius 1 is 0.607 bits per heavy atom. The molecule has 2 aliphatic rings. The Morgan fingerprint density at radius 2 is 1.04 bits per heavy atom. The van der Waals surface area contributed by atoms with E-state index < -0.39 is 0 Å². The summed E-state index contributed by atoms with van der Waals surface area (Å²) in [7, 11) is 0. The molecule has 28 heavy (non-hydrogen) atoms. The van der Waals surface area contributed by atoms with Crippen molar-refractivity contribution in [2.24, 2.45) is 0 Å². The third kappa shape index (κ3) is 8.97. The third-order valence-electron chi connectivity index (χ3n) is 5.89. The lowest BCUT2D eigenvalue weighted by molar-refractivity contribution is 0.535. The first-order chi connectivity index (χ1) is 13.8. The Morgan fingerprint density at radius 3 is 1.46 bits per heavy atom. The highest BCUT2D eigenvalue weighted by atomic mass is 14.1. The molecule has 0 aromatic heterocycles. The molecule has 0 saturated heterocycles. The van der Waals surface area contributed by atoms with E-state index in [1.165, 1.54) is 113 Å². The average molecular weight is 377 g/mol. The molecule has 0 unspecified atom stereocenters. The van der Waals surface area contributed by atoms with Gasteiger partial charge in [-0.1, -0.05) is 121 Å². The highest BCUT2D eigenvalue weighted by Gasteiger charge is 2.03. The average Bonchev–Trinajstić information content (AvgIpc) is 3.02.